The van der Waals surface area contributed by atoms with Gasteiger partial charge in [0, 0.05) is 39.0 Å². The Balaban J connectivity index is 1.94. The summed E-state index contributed by atoms with van der Waals surface area (Å²) in [5.41, 5.74) is 0. The van der Waals surface area contributed by atoms with Crippen LogP contribution in [0.1, 0.15) is 19.2 Å². The van der Waals surface area contributed by atoms with E-state index in [-0.39, 0.29) is 0 Å². The number of rotatable bonds is 7. The van der Waals surface area contributed by atoms with Crippen molar-refractivity contribution in [1.82, 2.24) is 19.5 Å². The van der Waals surface area contributed by atoms with E-state index < -0.39 is 0 Å². The second kappa shape index (κ2) is 7.23. The van der Waals surface area contributed by atoms with Gasteiger partial charge >= 0.3 is 0 Å². The summed E-state index contributed by atoms with van der Waals surface area (Å²) < 4.78 is 2.89. The van der Waals surface area contributed by atoms with Crippen molar-refractivity contribution in [2.24, 2.45) is 7.05 Å². The molecule has 0 aromatic carbocycles. The molecular weight excluding hydrogens is 320 g/mol. The molecule has 0 saturated carbocycles. The summed E-state index contributed by atoms with van der Waals surface area (Å²) in [5, 5.41) is 6.57. The van der Waals surface area contributed by atoms with Gasteiger partial charge in [-0.3, -0.25) is 0 Å². The third-order valence-electron chi connectivity index (χ3n) is 2.89. The van der Waals surface area contributed by atoms with Crippen LogP contribution in [0.3, 0.4) is 0 Å². The summed E-state index contributed by atoms with van der Waals surface area (Å²) in [5.74, 6) is 2.67. The van der Waals surface area contributed by atoms with Crippen LogP contribution in [0, 0.1) is 0 Å². The molecule has 0 unspecified atom stereocenters. The number of anilines is 2. The molecule has 2 rings (SSSR count). The first-order valence-electron chi connectivity index (χ1n) is 6.66. The normalized spacial score (nSPS) is 10.6. The first kappa shape index (κ1) is 14.8. The molecule has 0 spiro atoms. The Hall–Kier alpha value is -1.63. The number of nitrogens with one attached hydrogen (secondary N) is 2. The number of aromatic nitrogens is 4. The highest BCUT2D eigenvalue weighted by Crippen LogP contribution is 2.26. The fourth-order valence-electron chi connectivity index (χ4n) is 1.79. The number of halogens is 1. The van der Waals surface area contributed by atoms with Crippen LogP contribution in [0.2, 0.25) is 0 Å². The zero-order valence-electron chi connectivity index (χ0n) is 11.7. The van der Waals surface area contributed by atoms with E-state index in [1.54, 1.807) is 6.33 Å². The minimum Gasteiger partial charge on any atom is -0.369 e. The average Bonchev–Trinajstić information content (AvgIpc) is 2.85. The lowest BCUT2D eigenvalue weighted by Crippen LogP contribution is -2.11. The summed E-state index contributed by atoms with van der Waals surface area (Å²) in [7, 11) is 2.00. The van der Waals surface area contributed by atoms with E-state index >= 15 is 0 Å². The molecule has 0 fully saturated rings. The lowest BCUT2D eigenvalue weighted by molar-refractivity contribution is 0.788. The van der Waals surface area contributed by atoms with Gasteiger partial charge < -0.3 is 15.2 Å². The van der Waals surface area contributed by atoms with Crippen molar-refractivity contribution in [2.75, 3.05) is 23.7 Å². The standard InChI is InChI=1S/C13H19BrN6/c1-3-5-16-12-11(14)13(19-9-18-12)17-6-4-10-15-7-8-20(10)2/h7-9H,3-6H2,1-2H3,(H2,16,17,18,19). The largest absolute Gasteiger partial charge is 0.369 e. The molecule has 0 aliphatic carbocycles. The van der Waals surface area contributed by atoms with Crippen molar-refractivity contribution in [3.05, 3.63) is 29.0 Å². The van der Waals surface area contributed by atoms with Gasteiger partial charge in [0.2, 0.25) is 0 Å². The van der Waals surface area contributed by atoms with Gasteiger partial charge in [-0.05, 0) is 22.4 Å². The molecule has 2 aromatic rings. The zero-order chi connectivity index (χ0) is 14.4. The molecule has 0 atom stereocenters. The summed E-state index contributed by atoms with van der Waals surface area (Å²) in [6, 6.07) is 0. The molecule has 2 N–H and O–H groups in total. The minimum atomic E-state index is 0.772. The molecule has 0 aliphatic heterocycles. The fourth-order valence-corrected chi connectivity index (χ4v) is 2.27. The lowest BCUT2D eigenvalue weighted by atomic mass is 10.4. The second-order valence-electron chi connectivity index (χ2n) is 4.44. The number of aryl methyl sites for hydroxylation is 1. The Kier molecular flexibility index (Phi) is 5.34. The van der Waals surface area contributed by atoms with E-state index in [2.05, 4.69) is 48.4 Å². The first-order chi connectivity index (χ1) is 9.72. The highest BCUT2D eigenvalue weighted by Gasteiger charge is 2.08. The second-order valence-corrected chi connectivity index (χ2v) is 5.24. The van der Waals surface area contributed by atoms with Gasteiger partial charge in [0.1, 0.15) is 28.3 Å². The number of hydrogen-bond donors (Lipinski definition) is 2. The van der Waals surface area contributed by atoms with Crippen LogP contribution in [-0.2, 0) is 13.5 Å². The van der Waals surface area contributed by atoms with Crippen molar-refractivity contribution < 1.29 is 0 Å². The quantitative estimate of drug-likeness (QED) is 0.811. The van der Waals surface area contributed by atoms with Crippen LogP contribution < -0.4 is 10.6 Å². The molecule has 20 heavy (non-hydrogen) atoms. The molecular formula is C13H19BrN6. The van der Waals surface area contributed by atoms with E-state index in [1.165, 1.54) is 0 Å². The summed E-state index contributed by atoms with van der Waals surface area (Å²) in [4.78, 5) is 12.8. The van der Waals surface area contributed by atoms with Crippen LogP contribution >= 0.6 is 15.9 Å². The Labute approximate surface area is 127 Å². The molecule has 0 bridgehead atoms. The van der Waals surface area contributed by atoms with Gasteiger partial charge in [-0.25, -0.2) is 15.0 Å². The molecule has 6 nitrogen and oxygen atoms in total. The van der Waals surface area contributed by atoms with E-state index in [0.29, 0.717) is 0 Å². The predicted molar refractivity (Wildman–Crippen MR) is 83.9 cm³/mol. The SMILES string of the molecule is CCCNc1ncnc(NCCc2nccn2C)c1Br. The maximum absolute atomic E-state index is 4.29. The number of imidazole rings is 1. The van der Waals surface area contributed by atoms with Gasteiger partial charge in [0.15, 0.2) is 0 Å². The molecule has 0 amide bonds. The molecule has 2 heterocycles. The van der Waals surface area contributed by atoms with E-state index in [0.717, 1.165) is 47.9 Å². The lowest BCUT2D eigenvalue weighted by Gasteiger charge is -2.11. The van der Waals surface area contributed by atoms with E-state index in [9.17, 15) is 0 Å². The van der Waals surface area contributed by atoms with Crippen molar-refractivity contribution in [3.8, 4) is 0 Å². The van der Waals surface area contributed by atoms with Gasteiger partial charge in [-0.1, -0.05) is 6.92 Å². The third kappa shape index (κ3) is 3.69. The van der Waals surface area contributed by atoms with Crippen LogP contribution in [-0.4, -0.2) is 32.6 Å². The van der Waals surface area contributed by atoms with Crippen LogP contribution in [0.5, 0.6) is 0 Å². The van der Waals surface area contributed by atoms with Gasteiger partial charge in [0.05, 0.1) is 0 Å². The Morgan fingerprint density at radius 3 is 2.45 bits per heavy atom. The van der Waals surface area contributed by atoms with Crippen molar-refractivity contribution >= 4 is 27.6 Å². The summed E-state index contributed by atoms with van der Waals surface area (Å²) in [6.07, 6.45) is 7.22. The Morgan fingerprint density at radius 2 is 1.85 bits per heavy atom. The highest BCUT2D eigenvalue weighted by atomic mass is 79.9. The van der Waals surface area contributed by atoms with Crippen LogP contribution in [0.25, 0.3) is 0 Å². The number of nitrogens with zero attached hydrogens (tertiary/aromatic N) is 4. The molecule has 0 saturated heterocycles. The molecule has 7 heteroatoms. The average molecular weight is 339 g/mol. The highest BCUT2D eigenvalue weighted by molar-refractivity contribution is 9.10. The van der Waals surface area contributed by atoms with E-state index in [4.69, 9.17) is 0 Å². The van der Waals surface area contributed by atoms with Crippen molar-refractivity contribution in [3.63, 3.8) is 0 Å². The summed E-state index contributed by atoms with van der Waals surface area (Å²) in [6.45, 7) is 3.78. The fraction of sp³-hybridized carbons (Fsp3) is 0.462. The Bertz CT molecular complexity index is 554. The molecule has 0 radical (unpaired) electrons. The third-order valence-corrected chi connectivity index (χ3v) is 3.65. The van der Waals surface area contributed by atoms with Crippen molar-refractivity contribution in [2.45, 2.75) is 19.8 Å². The van der Waals surface area contributed by atoms with Gasteiger partial charge in [-0.15, -0.1) is 0 Å². The predicted octanol–water partition coefficient (Wildman–Crippen LogP) is 2.45. The van der Waals surface area contributed by atoms with E-state index in [1.807, 2.05) is 24.0 Å². The maximum Gasteiger partial charge on any atom is 0.145 e. The molecule has 0 aliphatic rings. The molecule has 2 aromatic heterocycles. The summed E-state index contributed by atoms with van der Waals surface area (Å²) >= 11 is 3.53. The smallest absolute Gasteiger partial charge is 0.145 e. The van der Waals surface area contributed by atoms with Gasteiger partial charge in [0.25, 0.3) is 0 Å². The first-order valence-corrected chi connectivity index (χ1v) is 7.46. The Morgan fingerprint density at radius 1 is 1.15 bits per heavy atom. The van der Waals surface area contributed by atoms with Gasteiger partial charge in [-0.2, -0.15) is 0 Å². The van der Waals surface area contributed by atoms with Crippen LogP contribution in [0.15, 0.2) is 23.2 Å². The zero-order valence-corrected chi connectivity index (χ0v) is 13.3. The molecule has 108 valence electrons. The van der Waals surface area contributed by atoms with Crippen LogP contribution in [0.4, 0.5) is 11.6 Å². The monoisotopic (exact) mass is 338 g/mol. The topological polar surface area (TPSA) is 67.7 Å². The van der Waals surface area contributed by atoms with Crippen molar-refractivity contribution in [1.29, 1.82) is 0 Å². The maximum atomic E-state index is 4.29. The number of hydrogen-bond acceptors (Lipinski definition) is 5. The minimum absolute atomic E-state index is 0.772.